The van der Waals surface area contributed by atoms with E-state index in [-0.39, 0.29) is 49.6 Å². The monoisotopic (exact) mass is 294 g/mol. The molecular formula is C14H22CaO4. The van der Waals surface area contributed by atoms with E-state index in [1.54, 1.807) is 0 Å². The fourth-order valence-electron chi connectivity index (χ4n) is 2.68. The van der Waals surface area contributed by atoms with Crippen molar-refractivity contribution >= 4 is 49.7 Å². The molecule has 0 saturated heterocycles. The Morgan fingerprint density at radius 3 is 1.05 bits per heavy atom. The number of carboxylic acids is 2. The van der Waals surface area contributed by atoms with Crippen LogP contribution < -0.4 is 10.2 Å². The fourth-order valence-corrected chi connectivity index (χ4v) is 2.68. The summed E-state index contributed by atoms with van der Waals surface area (Å²) in [6.07, 6.45) is 10.0. The number of hydrogen-bond acceptors (Lipinski definition) is 4. The summed E-state index contributed by atoms with van der Waals surface area (Å²) < 4.78 is 0. The Kier molecular flexibility index (Phi) is 11.0. The molecule has 19 heavy (non-hydrogen) atoms. The fraction of sp³-hybridized carbons (Fsp3) is 0.857. The first kappa shape index (κ1) is 19.2. The second-order valence-electron chi connectivity index (χ2n) is 5.31. The Morgan fingerprint density at radius 1 is 0.632 bits per heavy atom. The van der Waals surface area contributed by atoms with Gasteiger partial charge in [0.05, 0.1) is 0 Å². The molecule has 0 aromatic heterocycles. The minimum absolute atomic E-state index is 0. The van der Waals surface area contributed by atoms with Crippen LogP contribution in [0.1, 0.15) is 64.2 Å². The van der Waals surface area contributed by atoms with Crippen molar-refractivity contribution in [3.05, 3.63) is 0 Å². The minimum Gasteiger partial charge on any atom is -0.550 e. The Bertz CT molecular complexity index is 241. The summed E-state index contributed by atoms with van der Waals surface area (Å²) in [6.45, 7) is 0. The number of carbonyl (C=O) groups excluding carboxylic acids is 2. The third-order valence-corrected chi connectivity index (χ3v) is 3.88. The SMILES string of the molecule is O=C([O-])C1CCCCC1.O=C([O-])C1CCCCC1.[Ca+2]. The molecule has 4 nitrogen and oxygen atoms in total. The van der Waals surface area contributed by atoms with Crippen LogP contribution in [0.4, 0.5) is 0 Å². The molecule has 0 spiro atoms. The molecule has 5 heteroatoms. The summed E-state index contributed by atoms with van der Waals surface area (Å²) in [7, 11) is 0. The van der Waals surface area contributed by atoms with E-state index in [1.165, 1.54) is 12.8 Å². The van der Waals surface area contributed by atoms with Gasteiger partial charge in [0.1, 0.15) is 0 Å². The molecule has 0 aromatic rings. The van der Waals surface area contributed by atoms with Gasteiger partial charge in [-0.2, -0.15) is 0 Å². The van der Waals surface area contributed by atoms with Crippen molar-refractivity contribution in [3.63, 3.8) is 0 Å². The van der Waals surface area contributed by atoms with Crippen LogP contribution in [0.5, 0.6) is 0 Å². The van der Waals surface area contributed by atoms with Gasteiger partial charge in [0.15, 0.2) is 0 Å². The van der Waals surface area contributed by atoms with Crippen LogP contribution in [0.15, 0.2) is 0 Å². The van der Waals surface area contributed by atoms with Crippen LogP contribution in [0, 0.1) is 11.8 Å². The van der Waals surface area contributed by atoms with Gasteiger partial charge in [0, 0.05) is 11.9 Å². The largest absolute Gasteiger partial charge is 2.00 e. The van der Waals surface area contributed by atoms with E-state index in [0.717, 1.165) is 51.4 Å². The number of carbonyl (C=O) groups is 2. The van der Waals surface area contributed by atoms with Gasteiger partial charge in [0.2, 0.25) is 0 Å². The van der Waals surface area contributed by atoms with Crippen LogP contribution in [-0.4, -0.2) is 49.7 Å². The molecule has 2 rings (SSSR count). The molecule has 0 aromatic carbocycles. The molecule has 0 heterocycles. The maximum atomic E-state index is 10.2. The molecule has 0 N–H and O–H groups in total. The zero-order valence-electron chi connectivity index (χ0n) is 11.6. The van der Waals surface area contributed by atoms with E-state index in [1.807, 2.05) is 0 Å². The predicted octanol–water partition coefficient (Wildman–Crippen LogP) is 0.252. The molecule has 2 fully saturated rings. The normalized spacial score (nSPS) is 20.6. The van der Waals surface area contributed by atoms with Gasteiger partial charge in [-0.15, -0.1) is 0 Å². The van der Waals surface area contributed by atoms with Gasteiger partial charge < -0.3 is 19.8 Å². The van der Waals surface area contributed by atoms with E-state index in [2.05, 4.69) is 0 Å². The van der Waals surface area contributed by atoms with Crippen LogP contribution in [0.2, 0.25) is 0 Å². The van der Waals surface area contributed by atoms with Crippen LogP contribution in [0.3, 0.4) is 0 Å². The van der Waals surface area contributed by atoms with E-state index in [0.29, 0.717) is 0 Å². The Hall–Kier alpha value is 0.200. The summed E-state index contributed by atoms with van der Waals surface area (Å²) in [5.41, 5.74) is 0. The third kappa shape index (κ3) is 8.16. The van der Waals surface area contributed by atoms with Gasteiger partial charge in [0.25, 0.3) is 0 Å². The molecule has 0 atom stereocenters. The second kappa shape index (κ2) is 10.9. The van der Waals surface area contributed by atoms with Gasteiger partial charge in [-0.3, -0.25) is 0 Å². The summed E-state index contributed by atoms with van der Waals surface area (Å²) in [4.78, 5) is 20.5. The molecule has 0 unspecified atom stereocenters. The molecule has 0 bridgehead atoms. The van der Waals surface area contributed by atoms with Crippen molar-refractivity contribution in [2.24, 2.45) is 11.8 Å². The van der Waals surface area contributed by atoms with Crippen molar-refractivity contribution in [1.29, 1.82) is 0 Å². The number of carboxylic acid groups (broad SMARTS) is 2. The molecule has 2 aliphatic rings. The Morgan fingerprint density at radius 2 is 0.895 bits per heavy atom. The maximum absolute atomic E-state index is 10.2. The van der Waals surface area contributed by atoms with E-state index < -0.39 is 11.9 Å². The van der Waals surface area contributed by atoms with E-state index in [9.17, 15) is 19.8 Å². The van der Waals surface area contributed by atoms with Crippen LogP contribution in [-0.2, 0) is 9.59 Å². The number of aliphatic carboxylic acids is 2. The average molecular weight is 294 g/mol. The smallest absolute Gasteiger partial charge is 0.550 e. The van der Waals surface area contributed by atoms with Gasteiger partial charge in [-0.25, -0.2) is 0 Å². The molecule has 104 valence electrons. The van der Waals surface area contributed by atoms with Gasteiger partial charge in [-0.1, -0.05) is 38.5 Å². The second-order valence-corrected chi connectivity index (χ2v) is 5.31. The topological polar surface area (TPSA) is 80.3 Å². The first-order valence-electron chi connectivity index (χ1n) is 7.03. The molecular weight excluding hydrogens is 272 g/mol. The van der Waals surface area contributed by atoms with Crippen LogP contribution >= 0.6 is 0 Å². The van der Waals surface area contributed by atoms with Gasteiger partial charge >= 0.3 is 37.7 Å². The summed E-state index contributed by atoms with van der Waals surface area (Å²) >= 11 is 0. The van der Waals surface area contributed by atoms with Crippen molar-refractivity contribution in [2.75, 3.05) is 0 Å². The quantitative estimate of drug-likeness (QED) is 0.684. The van der Waals surface area contributed by atoms with Crippen molar-refractivity contribution in [1.82, 2.24) is 0 Å². The number of rotatable bonds is 2. The summed E-state index contributed by atoms with van der Waals surface area (Å²) in [6, 6.07) is 0. The average Bonchev–Trinajstić information content (AvgIpc) is 2.41. The third-order valence-electron chi connectivity index (χ3n) is 3.88. The Labute approximate surface area is 145 Å². The zero-order chi connectivity index (χ0) is 13.4. The van der Waals surface area contributed by atoms with Crippen molar-refractivity contribution in [2.45, 2.75) is 64.2 Å². The van der Waals surface area contributed by atoms with Crippen molar-refractivity contribution in [3.8, 4) is 0 Å². The first-order chi connectivity index (χ1) is 8.61. The van der Waals surface area contributed by atoms with E-state index in [4.69, 9.17) is 0 Å². The van der Waals surface area contributed by atoms with Crippen LogP contribution in [0.25, 0.3) is 0 Å². The Balaban J connectivity index is 0.000000324. The predicted molar refractivity (Wildman–Crippen MR) is 68.9 cm³/mol. The zero-order valence-corrected chi connectivity index (χ0v) is 13.8. The van der Waals surface area contributed by atoms with E-state index >= 15 is 0 Å². The standard InChI is InChI=1S/2C7H12O2.Ca/c2*8-7(9)6-4-2-1-3-5-6;/h2*6H,1-5H2,(H,8,9);/q;;+2/p-2. The first-order valence-corrected chi connectivity index (χ1v) is 7.03. The summed E-state index contributed by atoms with van der Waals surface area (Å²) in [5, 5.41) is 20.5. The minimum atomic E-state index is -0.852. The molecule has 0 radical (unpaired) electrons. The molecule has 2 saturated carbocycles. The summed E-state index contributed by atoms with van der Waals surface area (Å²) in [5.74, 6) is -1.98. The molecule has 2 aliphatic carbocycles. The van der Waals surface area contributed by atoms with Gasteiger partial charge in [-0.05, 0) is 37.5 Å². The maximum Gasteiger partial charge on any atom is 2.00 e. The molecule has 0 amide bonds. The number of hydrogen-bond donors (Lipinski definition) is 0. The molecule has 0 aliphatic heterocycles. The van der Waals surface area contributed by atoms with Crippen molar-refractivity contribution < 1.29 is 19.8 Å².